The zero-order chi connectivity index (χ0) is 31.7. The number of Topliss-reactive ketones (excluding diaryl/α,β-unsaturated/α-hetero) is 1. The highest BCUT2D eigenvalue weighted by atomic mass is 35.5. The number of thiocarbonyl (C=S) groups is 1. The molecule has 7 nitrogen and oxygen atoms in total. The second-order valence-corrected chi connectivity index (χ2v) is 11.0. The molecule has 0 bridgehead atoms. The highest BCUT2D eigenvalue weighted by molar-refractivity contribution is 7.80. The average Bonchev–Trinajstić information content (AvgIpc) is 3.42. The minimum atomic E-state index is -4.57. The Morgan fingerprint density at radius 1 is 1.14 bits per heavy atom. The number of ketones is 1. The predicted molar refractivity (Wildman–Crippen MR) is 168 cm³/mol. The standard InChI is InChI=1S/C32H30ClF3N6OS/c33-26-5-3-6-27(14-26)40-31(44)41(19-24-4-1-2-7-29(24)32(34,35)36)20-25(12-13-37)30(43)15-28-17-39-21-42(28)18-23-10-8-22(16-38)9-11-23/h1-11,14,17,21,25H,12-13,15,18-20,37H2,(H,40,44)/t25-/m0/s1. The highest BCUT2D eigenvalue weighted by Gasteiger charge is 2.34. The Kier molecular flexibility index (Phi) is 11.1. The van der Waals surface area contributed by atoms with Gasteiger partial charge in [-0.15, -0.1) is 0 Å². The molecule has 0 unspecified atom stereocenters. The lowest BCUT2D eigenvalue weighted by molar-refractivity contribution is -0.138. The second kappa shape index (κ2) is 15.0. The number of alkyl halides is 3. The zero-order valence-corrected chi connectivity index (χ0v) is 25.2. The number of nitrogens with two attached hydrogens (primary N) is 1. The van der Waals surface area contributed by atoms with Crippen LogP contribution in [0, 0.1) is 17.2 Å². The van der Waals surface area contributed by atoms with E-state index in [2.05, 4.69) is 16.4 Å². The first kappa shape index (κ1) is 32.7. The average molecular weight is 639 g/mol. The van der Waals surface area contributed by atoms with Crippen LogP contribution in [-0.2, 0) is 30.5 Å². The van der Waals surface area contributed by atoms with Gasteiger partial charge >= 0.3 is 6.18 Å². The number of hydrogen-bond donors (Lipinski definition) is 2. The van der Waals surface area contributed by atoms with E-state index in [9.17, 15) is 18.0 Å². The third-order valence-corrected chi connectivity index (χ3v) is 7.64. The lowest BCUT2D eigenvalue weighted by atomic mass is 9.95. The fourth-order valence-electron chi connectivity index (χ4n) is 4.79. The van der Waals surface area contributed by atoms with Crippen molar-refractivity contribution in [3.05, 3.63) is 118 Å². The lowest BCUT2D eigenvalue weighted by Crippen LogP contribution is -2.41. The Labute approximate surface area is 264 Å². The molecule has 0 fully saturated rings. The molecule has 0 saturated carbocycles. The van der Waals surface area contributed by atoms with Crippen molar-refractivity contribution in [2.45, 2.75) is 32.1 Å². The molecule has 0 saturated heterocycles. The van der Waals surface area contributed by atoms with Crippen LogP contribution in [0.4, 0.5) is 18.9 Å². The topological polar surface area (TPSA) is 100.0 Å². The first-order chi connectivity index (χ1) is 21.1. The van der Waals surface area contributed by atoms with E-state index in [1.807, 2.05) is 16.7 Å². The van der Waals surface area contributed by atoms with Crippen LogP contribution in [0.1, 0.15) is 34.4 Å². The molecule has 0 amide bonds. The summed E-state index contributed by atoms with van der Waals surface area (Å²) in [6, 6.07) is 21.3. The van der Waals surface area contributed by atoms with Crippen molar-refractivity contribution in [3.63, 3.8) is 0 Å². The normalized spacial score (nSPS) is 11.9. The molecule has 12 heteroatoms. The van der Waals surface area contributed by atoms with Gasteiger partial charge in [-0.05, 0) is 72.7 Å². The van der Waals surface area contributed by atoms with Crippen molar-refractivity contribution in [2.24, 2.45) is 11.7 Å². The van der Waals surface area contributed by atoms with Crippen molar-refractivity contribution in [3.8, 4) is 6.07 Å². The van der Waals surface area contributed by atoms with Gasteiger partial charge in [0, 0.05) is 54.6 Å². The number of aromatic nitrogens is 2. The number of rotatable bonds is 12. The Hall–Kier alpha value is -4.24. The van der Waals surface area contributed by atoms with E-state index in [1.165, 1.54) is 18.2 Å². The molecule has 1 heterocycles. The summed E-state index contributed by atoms with van der Waals surface area (Å²) in [7, 11) is 0. The number of nitriles is 1. The molecule has 4 rings (SSSR count). The van der Waals surface area contributed by atoms with Crippen LogP contribution in [0.25, 0.3) is 0 Å². The molecule has 0 aliphatic carbocycles. The van der Waals surface area contributed by atoms with E-state index in [4.69, 9.17) is 34.8 Å². The van der Waals surface area contributed by atoms with Crippen molar-refractivity contribution in [2.75, 3.05) is 18.4 Å². The van der Waals surface area contributed by atoms with Crippen molar-refractivity contribution in [1.82, 2.24) is 14.5 Å². The highest BCUT2D eigenvalue weighted by Crippen LogP contribution is 2.33. The van der Waals surface area contributed by atoms with Crippen molar-refractivity contribution >= 4 is 40.4 Å². The number of imidazole rings is 1. The zero-order valence-electron chi connectivity index (χ0n) is 23.6. The molecular formula is C32H30ClF3N6OS. The van der Waals surface area contributed by atoms with Crippen LogP contribution in [0.2, 0.25) is 5.02 Å². The Balaban J connectivity index is 1.57. The maximum atomic E-state index is 13.9. The van der Waals surface area contributed by atoms with E-state index in [0.29, 0.717) is 34.9 Å². The number of anilines is 1. The van der Waals surface area contributed by atoms with E-state index in [0.717, 1.165) is 11.6 Å². The van der Waals surface area contributed by atoms with E-state index >= 15 is 0 Å². The van der Waals surface area contributed by atoms with Gasteiger partial charge in [-0.25, -0.2) is 4.98 Å². The van der Waals surface area contributed by atoms with Crippen LogP contribution in [0.5, 0.6) is 0 Å². The molecule has 0 spiro atoms. The first-order valence-corrected chi connectivity index (χ1v) is 14.5. The quantitative estimate of drug-likeness (QED) is 0.172. The third-order valence-electron chi connectivity index (χ3n) is 7.05. The van der Waals surface area contributed by atoms with Gasteiger partial charge < -0.3 is 20.5 Å². The van der Waals surface area contributed by atoms with Crippen LogP contribution < -0.4 is 11.1 Å². The number of halogens is 4. The van der Waals surface area contributed by atoms with Gasteiger partial charge in [0.05, 0.1) is 23.5 Å². The van der Waals surface area contributed by atoms with Crippen LogP contribution in [0.3, 0.4) is 0 Å². The summed E-state index contributed by atoms with van der Waals surface area (Å²) in [6.07, 6.45) is -0.973. The van der Waals surface area contributed by atoms with Crippen LogP contribution in [-0.4, -0.2) is 38.4 Å². The lowest BCUT2D eigenvalue weighted by Gasteiger charge is -2.30. The molecule has 0 aliphatic rings. The smallest absolute Gasteiger partial charge is 0.344 e. The number of nitrogens with one attached hydrogen (secondary N) is 1. The summed E-state index contributed by atoms with van der Waals surface area (Å²) in [5.41, 5.74) is 7.86. The third kappa shape index (κ3) is 8.89. The Morgan fingerprint density at radius 2 is 1.89 bits per heavy atom. The van der Waals surface area contributed by atoms with Gasteiger partial charge in [-0.1, -0.05) is 48.0 Å². The molecule has 1 atom stereocenters. The summed E-state index contributed by atoms with van der Waals surface area (Å²) in [5, 5.41) is 12.7. The van der Waals surface area contributed by atoms with Gasteiger partial charge in [-0.3, -0.25) is 4.79 Å². The molecule has 44 heavy (non-hydrogen) atoms. The molecule has 228 valence electrons. The molecule has 0 aliphatic heterocycles. The molecule has 4 aromatic rings. The van der Waals surface area contributed by atoms with Gasteiger partial charge in [0.2, 0.25) is 0 Å². The number of hydrogen-bond acceptors (Lipinski definition) is 5. The predicted octanol–water partition coefficient (Wildman–Crippen LogP) is 6.45. The summed E-state index contributed by atoms with van der Waals surface area (Å²) in [5.74, 6) is -0.771. The molecule has 3 N–H and O–H groups in total. The summed E-state index contributed by atoms with van der Waals surface area (Å²) >= 11 is 11.8. The number of benzene rings is 3. The summed E-state index contributed by atoms with van der Waals surface area (Å²) < 4.78 is 43.5. The Morgan fingerprint density at radius 3 is 2.57 bits per heavy atom. The fraction of sp³-hybridized carbons (Fsp3) is 0.250. The fourth-order valence-corrected chi connectivity index (χ4v) is 5.24. The second-order valence-electron chi connectivity index (χ2n) is 10.2. The SMILES string of the molecule is N#Cc1ccc(Cn2cncc2CC(=O)[C@@H](CCN)CN(Cc2ccccc2C(F)(F)F)C(=S)Nc2cccc(Cl)c2)cc1. The number of carbonyl (C=O) groups excluding carboxylic acids is 1. The van der Waals surface area contributed by atoms with E-state index in [-0.39, 0.29) is 42.5 Å². The summed E-state index contributed by atoms with van der Waals surface area (Å²) in [6.45, 7) is 0.498. The van der Waals surface area contributed by atoms with Crippen LogP contribution in [0.15, 0.2) is 85.3 Å². The largest absolute Gasteiger partial charge is 0.416 e. The maximum absolute atomic E-state index is 13.9. The van der Waals surface area contributed by atoms with E-state index < -0.39 is 17.7 Å². The molecule has 3 aromatic carbocycles. The summed E-state index contributed by atoms with van der Waals surface area (Å²) in [4.78, 5) is 19.5. The van der Waals surface area contributed by atoms with Gasteiger partial charge in [0.15, 0.2) is 5.11 Å². The first-order valence-electron chi connectivity index (χ1n) is 13.7. The Bertz CT molecular complexity index is 1630. The number of carbonyl (C=O) groups is 1. The monoisotopic (exact) mass is 638 g/mol. The van der Waals surface area contributed by atoms with E-state index in [1.54, 1.807) is 53.8 Å². The van der Waals surface area contributed by atoms with Crippen molar-refractivity contribution < 1.29 is 18.0 Å². The number of nitrogens with zero attached hydrogens (tertiary/aromatic N) is 4. The molecule has 1 aromatic heterocycles. The van der Waals surface area contributed by atoms with Gasteiger partial charge in [-0.2, -0.15) is 18.4 Å². The van der Waals surface area contributed by atoms with Crippen LogP contribution >= 0.6 is 23.8 Å². The molecule has 0 radical (unpaired) electrons. The van der Waals surface area contributed by atoms with Gasteiger partial charge in [0.25, 0.3) is 0 Å². The van der Waals surface area contributed by atoms with Crippen molar-refractivity contribution in [1.29, 1.82) is 5.26 Å². The minimum Gasteiger partial charge on any atom is -0.344 e. The minimum absolute atomic E-state index is 0.0229. The van der Waals surface area contributed by atoms with Gasteiger partial charge in [0.1, 0.15) is 5.78 Å². The maximum Gasteiger partial charge on any atom is 0.416 e. The molecular weight excluding hydrogens is 609 g/mol.